The molecule has 0 saturated carbocycles. The minimum atomic E-state index is 0.695. The van der Waals surface area contributed by atoms with E-state index in [1.807, 2.05) is 23.7 Å². The average molecular weight is 190 g/mol. The zero-order valence-corrected chi connectivity index (χ0v) is 8.41. The van der Waals surface area contributed by atoms with E-state index in [0.717, 1.165) is 17.5 Å². The van der Waals surface area contributed by atoms with Crippen molar-refractivity contribution in [1.29, 1.82) is 0 Å². The van der Waals surface area contributed by atoms with Crippen LogP contribution in [-0.2, 0) is 13.5 Å². The molecule has 0 spiro atoms. The lowest BCUT2D eigenvalue weighted by molar-refractivity contribution is 0.942. The van der Waals surface area contributed by atoms with E-state index in [1.165, 1.54) is 5.56 Å². The molecule has 0 bridgehead atoms. The van der Waals surface area contributed by atoms with Crippen LogP contribution >= 0.6 is 0 Å². The Morgan fingerprint density at radius 2 is 2.29 bits per heavy atom. The van der Waals surface area contributed by atoms with Gasteiger partial charge in [0.1, 0.15) is 0 Å². The fourth-order valence-electron chi connectivity index (χ4n) is 1.69. The molecule has 0 unspecified atom stereocenters. The Morgan fingerprint density at radius 1 is 1.50 bits per heavy atom. The van der Waals surface area contributed by atoms with E-state index in [0.29, 0.717) is 5.95 Å². The van der Waals surface area contributed by atoms with Crippen LogP contribution in [0, 0.1) is 0 Å². The standard InChI is InChI=1S/C10H14N4/c1-3-7-5-4-6-8-9(7)12-10(13-11)14(8)2/h4-6H,3,11H2,1-2H3,(H,12,13). The SMILES string of the molecule is CCc1cccc2c1nc(NN)n2C. The van der Waals surface area contributed by atoms with Gasteiger partial charge in [-0.2, -0.15) is 0 Å². The van der Waals surface area contributed by atoms with Crippen molar-refractivity contribution in [2.75, 3.05) is 5.43 Å². The lowest BCUT2D eigenvalue weighted by atomic mass is 10.1. The van der Waals surface area contributed by atoms with Crippen LogP contribution in [0.3, 0.4) is 0 Å². The number of nitrogens with two attached hydrogens (primary N) is 1. The van der Waals surface area contributed by atoms with Gasteiger partial charge < -0.3 is 4.57 Å². The van der Waals surface area contributed by atoms with Gasteiger partial charge in [-0.1, -0.05) is 19.1 Å². The highest BCUT2D eigenvalue weighted by molar-refractivity contribution is 5.81. The van der Waals surface area contributed by atoms with Crippen LogP contribution in [0.1, 0.15) is 12.5 Å². The van der Waals surface area contributed by atoms with Crippen molar-refractivity contribution in [2.45, 2.75) is 13.3 Å². The number of hydrogen-bond acceptors (Lipinski definition) is 3. The molecule has 2 aromatic rings. The predicted octanol–water partition coefficient (Wildman–Crippen LogP) is 1.42. The molecule has 0 aliphatic rings. The first-order chi connectivity index (χ1) is 6.77. The molecule has 2 rings (SSSR count). The summed E-state index contributed by atoms with van der Waals surface area (Å²) in [5.74, 6) is 6.07. The lowest BCUT2D eigenvalue weighted by Crippen LogP contribution is -2.11. The molecular weight excluding hydrogens is 176 g/mol. The van der Waals surface area contributed by atoms with E-state index < -0.39 is 0 Å². The molecule has 0 fully saturated rings. The monoisotopic (exact) mass is 190 g/mol. The Hall–Kier alpha value is -1.55. The van der Waals surface area contributed by atoms with Gasteiger partial charge in [0.05, 0.1) is 11.0 Å². The van der Waals surface area contributed by atoms with Crippen molar-refractivity contribution in [3.05, 3.63) is 23.8 Å². The summed E-state index contributed by atoms with van der Waals surface area (Å²) in [5, 5.41) is 0. The minimum absolute atomic E-state index is 0.695. The number of aryl methyl sites for hydroxylation is 2. The summed E-state index contributed by atoms with van der Waals surface area (Å²) in [5.41, 5.74) is 5.98. The molecule has 14 heavy (non-hydrogen) atoms. The summed E-state index contributed by atoms with van der Waals surface area (Å²) in [6.45, 7) is 2.12. The average Bonchev–Trinajstić information content (AvgIpc) is 2.55. The molecule has 1 aromatic heterocycles. The topological polar surface area (TPSA) is 55.9 Å². The van der Waals surface area contributed by atoms with Gasteiger partial charge in [0.15, 0.2) is 0 Å². The number of imidazole rings is 1. The smallest absolute Gasteiger partial charge is 0.218 e. The second-order valence-electron chi connectivity index (χ2n) is 3.28. The number of fused-ring (bicyclic) bond motifs is 1. The fourth-order valence-corrected chi connectivity index (χ4v) is 1.69. The third-order valence-corrected chi connectivity index (χ3v) is 2.51. The van der Waals surface area contributed by atoms with E-state index in [1.54, 1.807) is 0 Å². The Bertz CT molecular complexity index is 458. The summed E-state index contributed by atoms with van der Waals surface area (Å²) in [6.07, 6.45) is 0.984. The molecule has 0 atom stereocenters. The minimum Gasteiger partial charge on any atom is -0.312 e. The van der Waals surface area contributed by atoms with Crippen LogP contribution in [0.2, 0.25) is 0 Å². The van der Waals surface area contributed by atoms with Gasteiger partial charge in [-0.3, -0.25) is 5.43 Å². The number of anilines is 1. The molecule has 3 N–H and O–H groups in total. The molecule has 74 valence electrons. The van der Waals surface area contributed by atoms with Crippen LogP contribution in [0.25, 0.3) is 11.0 Å². The summed E-state index contributed by atoms with van der Waals surface area (Å²) < 4.78 is 1.95. The molecule has 0 radical (unpaired) electrons. The van der Waals surface area contributed by atoms with Crippen molar-refractivity contribution < 1.29 is 0 Å². The maximum Gasteiger partial charge on any atom is 0.218 e. The Morgan fingerprint density at radius 3 is 2.93 bits per heavy atom. The normalized spacial score (nSPS) is 10.8. The summed E-state index contributed by atoms with van der Waals surface area (Å²) >= 11 is 0. The number of hydrogen-bond donors (Lipinski definition) is 2. The molecule has 1 heterocycles. The van der Waals surface area contributed by atoms with Crippen molar-refractivity contribution in [3.63, 3.8) is 0 Å². The van der Waals surface area contributed by atoms with Crippen molar-refractivity contribution >= 4 is 17.0 Å². The number of hydrazine groups is 1. The molecule has 1 aromatic carbocycles. The zero-order valence-electron chi connectivity index (χ0n) is 8.41. The number of nitrogens with zero attached hydrogens (tertiary/aromatic N) is 2. The first-order valence-corrected chi connectivity index (χ1v) is 4.68. The Kier molecular flexibility index (Phi) is 2.13. The van der Waals surface area contributed by atoms with Gasteiger partial charge >= 0.3 is 0 Å². The van der Waals surface area contributed by atoms with Crippen LogP contribution in [0.5, 0.6) is 0 Å². The first kappa shape index (κ1) is 9.02. The van der Waals surface area contributed by atoms with E-state index in [9.17, 15) is 0 Å². The Balaban J connectivity index is 2.77. The zero-order chi connectivity index (χ0) is 10.1. The van der Waals surface area contributed by atoms with Gasteiger partial charge in [-0.25, -0.2) is 10.8 Å². The molecule has 0 saturated heterocycles. The fraction of sp³-hybridized carbons (Fsp3) is 0.300. The van der Waals surface area contributed by atoms with Gasteiger partial charge in [0.25, 0.3) is 0 Å². The van der Waals surface area contributed by atoms with Crippen LogP contribution < -0.4 is 11.3 Å². The van der Waals surface area contributed by atoms with Gasteiger partial charge in [-0.15, -0.1) is 0 Å². The van der Waals surface area contributed by atoms with E-state index in [4.69, 9.17) is 5.84 Å². The van der Waals surface area contributed by atoms with Crippen molar-refractivity contribution in [2.24, 2.45) is 12.9 Å². The van der Waals surface area contributed by atoms with Gasteiger partial charge in [0, 0.05) is 7.05 Å². The number of rotatable bonds is 2. The first-order valence-electron chi connectivity index (χ1n) is 4.68. The molecule has 4 nitrogen and oxygen atoms in total. The summed E-state index contributed by atoms with van der Waals surface area (Å²) in [4.78, 5) is 4.43. The molecule has 0 aliphatic heterocycles. The van der Waals surface area contributed by atoms with Gasteiger partial charge in [0.2, 0.25) is 5.95 Å². The summed E-state index contributed by atoms with van der Waals surface area (Å²) in [6, 6.07) is 6.18. The third kappa shape index (κ3) is 1.15. The number of aromatic nitrogens is 2. The molecule has 0 aliphatic carbocycles. The summed E-state index contributed by atoms with van der Waals surface area (Å²) in [7, 11) is 1.95. The lowest BCUT2D eigenvalue weighted by Gasteiger charge is -1.99. The molecule has 0 amide bonds. The third-order valence-electron chi connectivity index (χ3n) is 2.51. The Labute approximate surface area is 82.7 Å². The van der Waals surface area contributed by atoms with E-state index >= 15 is 0 Å². The number of para-hydroxylation sites is 1. The predicted molar refractivity (Wildman–Crippen MR) is 57.9 cm³/mol. The second-order valence-corrected chi connectivity index (χ2v) is 3.28. The van der Waals surface area contributed by atoms with Crippen LogP contribution in [0.15, 0.2) is 18.2 Å². The number of benzene rings is 1. The van der Waals surface area contributed by atoms with Crippen LogP contribution in [-0.4, -0.2) is 9.55 Å². The highest BCUT2D eigenvalue weighted by atomic mass is 15.3. The van der Waals surface area contributed by atoms with E-state index in [-0.39, 0.29) is 0 Å². The molecular formula is C10H14N4. The van der Waals surface area contributed by atoms with Crippen molar-refractivity contribution in [3.8, 4) is 0 Å². The second kappa shape index (κ2) is 3.31. The van der Waals surface area contributed by atoms with E-state index in [2.05, 4.69) is 23.4 Å². The quantitative estimate of drug-likeness (QED) is 0.556. The molecule has 4 heteroatoms. The highest BCUT2D eigenvalue weighted by Crippen LogP contribution is 2.21. The maximum atomic E-state index is 5.37. The highest BCUT2D eigenvalue weighted by Gasteiger charge is 2.08. The van der Waals surface area contributed by atoms with Crippen molar-refractivity contribution in [1.82, 2.24) is 9.55 Å². The van der Waals surface area contributed by atoms with Gasteiger partial charge in [-0.05, 0) is 18.1 Å². The number of nitrogens with one attached hydrogen (secondary N) is 1. The van der Waals surface area contributed by atoms with Crippen LogP contribution in [0.4, 0.5) is 5.95 Å². The number of nitrogen functional groups attached to an aromatic ring is 1. The maximum absolute atomic E-state index is 5.37. The largest absolute Gasteiger partial charge is 0.312 e.